The first kappa shape index (κ1) is 13.7. The van der Waals surface area contributed by atoms with Crippen LogP contribution in [0.4, 0.5) is 5.69 Å². The second-order valence-corrected chi connectivity index (χ2v) is 6.40. The molecule has 0 radical (unpaired) electrons. The van der Waals surface area contributed by atoms with Crippen LogP contribution in [0.25, 0.3) is 0 Å². The van der Waals surface area contributed by atoms with Crippen LogP contribution < -0.4 is 5.32 Å². The summed E-state index contributed by atoms with van der Waals surface area (Å²) in [4.78, 5) is 11.8. The van der Waals surface area contributed by atoms with Crippen molar-refractivity contribution in [3.63, 3.8) is 0 Å². The van der Waals surface area contributed by atoms with Crippen LogP contribution in [0.3, 0.4) is 0 Å². The van der Waals surface area contributed by atoms with Crippen molar-refractivity contribution in [1.82, 2.24) is 0 Å². The highest BCUT2D eigenvalue weighted by molar-refractivity contribution is 8.01. The molecule has 0 aliphatic heterocycles. The summed E-state index contributed by atoms with van der Waals surface area (Å²) < 4.78 is 1.11. The monoisotopic (exact) mass is 317 g/mol. The van der Waals surface area contributed by atoms with E-state index in [0.29, 0.717) is 21.5 Å². The molecule has 0 saturated heterocycles. The number of anilines is 1. The van der Waals surface area contributed by atoms with Gasteiger partial charge in [-0.3, -0.25) is 4.79 Å². The van der Waals surface area contributed by atoms with E-state index in [-0.39, 0.29) is 5.91 Å². The predicted molar refractivity (Wildman–Crippen MR) is 80.1 cm³/mol. The van der Waals surface area contributed by atoms with Crippen LogP contribution in [0, 0.1) is 0 Å². The van der Waals surface area contributed by atoms with Gasteiger partial charge in [0.15, 0.2) is 0 Å². The lowest BCUT2D eigenvalue weighted by atomic mass is 10.3. The number of thiophene rings is 1. The fourth-order valence-electron chi connectivity index (χ4n) is 1.28. The molecule has 0 aliphatic rings. The number of hydrogen-bond acceptors (Lipinski definition) is 3. The minimum atomic E-state index is -0.122. The third-order valence-corrected chi connectivity index (χ3v) is 4.83. The molecule has 6 heteroatoms. The van der Waals surface area contributed by atoms with Crippen molar-refractivity contribution < 1.29 is 4.79 Å². The van der Waals surface area contributed by atoms with Gasteiger partial charge in [0.1, 0.15) is 0 Å². The van der Waals surface area contributed by atoms with Gasteiger partial charge >= 0.3 is 0 Å². The van der Waals surface area contributed by atoms with Crippen molar-refractivity contribution in [2.75, 3.05) is 11.1 Å². The Balaban J connectivity index is 1.95. The van der Waals surface area contributed by atoms with Crippen LogP contribution in [0.5, 0.6) is 0 Å². The van der Waals surface area contributed by atoms with Gasteiger partial charge in [-0.15, -0.1) is 23.1 Å². The summed E-state index contributed by atoms with van der Waals surface area (Å²) in [5.41, 5.74) is 0.470. The van der Waals surface area contributed by atoms with Gasteiger partial charge in [-0.1, -0.05) is 35.3 Å². The minimum absolute atomic E-state index is 0.122. The molecule has 18 heavy (non-hydrogen) atoms. The Kier molecular flexibility index (Phi) is 4.95. The van der Waals surface area contributed by atoms with E-state index in [2.05, 4.69) is 5.32 Å². The van der Waals surface area contributed by atoms with E-state index >= 15 is 0 Å². The van der Waals surface area contributed by atoms with Gasteiger partial charge in [-0.25, -0.2) is 0 Å². The van der Waals surface area contributed by atoms with E-state index in [4.69, 9.17) is 23.2 Å². The minimum Gasteiger partial charge on any atom is -0.323 e. The smallest absolute Gasteiger partial charge is 0.234 e. The first-order valence-corrected chi connectivity index (χ1v) is 7.69. The van der Waals surface area contributed by atoms with Crippen molar-refractivity contribution in [3.8, 4) is 0 Å². The Labute approximate surface area is 123 Å². The van der Waals surface area contributed by atoms with Crippen LogP contribution in [0.15, 0.2) is 39.9 Å². The van der Waals surface area contributed by atoms with Crippen molar-refractivity contribution in [2.24, 2.45) is 0 Å². The largest absolute Gasteiger partial charge is 0.323 e. The molecule has 0 fully saturated rings. The summed E-state index contributed by atoms with van der Waals surface area (Å²) in [6, 6.07) is 9.05. The van der Waals surface area contributed by atoms with E-state index in [1.165, 1.54) is 11.8 Å². The number of nitrogens with one attached hydrogen (secondary N) is 1. The maximum absolute atomic E-state index is 11.8. The molecule has 0 unspecified atom stereocenters. The van der Waals surface area contributed by atoms with E-state index in [9.17, 15) is 4.79 Å². The van der Waals surface area contributed by atoms with Crippen molar-refractivity contribution in [1.29, 1.82) is 0 Å². The molecule has 0 spiro atoms. The molecule has 94 valence electrons. The molecule has 2 rings (SSSR count). The number of benzene rings is 1. The fourth-order valence-corrected chi connectivity index (χ4v) is 3.35. The SMILES string of the molecule is O=C(CSc1cccs1)Nc1c(Cl)cccc1Cl. The lowest BCUT2D eigenvalue weighted by Gasteiger charge is -2.08. The number of amides is 1. The van der Waals surface area contributed by atoms with Crippen molar-refractivity contribution in [3.05, 3.63) is 45.8 Å². The van der Waals surface area contributed by atoms with Crippen LogP contribution in [-0.2, 0) is 4.79 Å². The number of thioether (sulfide) groups is 1. The second-order valence-electron chi connectivity index (χ2n) is 3.37. The Hall–Kier alpha value is -0.680. The predicted octanol–water partition coefficient (Wildman–Crippen LogP) is 4.79. The summed E-state index contributed by atoms with van der Waals surface area (Å²) >= 11 is 15.0. The van der Waals surface area contributed by atoms with Crippen LogP contribution in [0.2, 0.25) is 10.0 Å². The third-order valence-electron chi connectivity index (χ3n) is 2.07. The average Bonchev–Trinajstić information content (AvgIpc) is 2.84. The Morgan fingerprint density at radius 3 is 2.56 bits per heavy atom. The van der Waals surface area contributed by atoms with E-state index < -0.39 is 0 Å². The van der Waals surface area contributed by atoms with Crippen molar-refractivity contribution in [2.45, 2.75) is 4.21 Å². The Morgan fingerprint density at radius 1 is 1.22 bits per heavy atom. The summed E-state index contributed by atoms with van der Waals surface area (Å²) in [5, 5.41) is 5.58. The third kappa shape index (κ3) is 3.65. The molecule has 0 saturated carbocycles. The molecular formula is C12H9Cl2NOS2. The molecule has 1 amide bonds. The zero-order valence-electron chi connectivity index (χ0n) is 9.15. The molecule has 0 atom stereocenters. The van der Waals surface area contributed by atoms with E-state index in [1.54, 1.807) is 29.5 Å². The number of carbonyl (C=O) groups is 1. The Morgan fingerprint density at radius 2 is 1.94 bits per heavy atom. The van der Waals surface area contributed by atoms with E-state index in [0.717, 1.165) is 4.21 Å². The van der Waals surface area contributed by atoms with Gasteiger partial charge in [-0.2, -0.15) is 0 Å². The number of halogens is 2. The lowest BCUT2D eigenvalue weighted by Crippen LogP contribution is -2.14. The maximum Gasteiger partial charge on any atom is 0.234 e. The molecule has 2 nitrogen and oxygen atoms in total. The topological polar surface area (TPSA) is 29.1 Å². The fraction of sp³-hybridized carbons (Fsp3) is 0.0833. The van der Waals surface area contributed by atoms with Gasteiger partial charge in [0, 0.05) is 0 Å². The summed E-state index contributed by atoms with van der Waals surface area (Å²) in [6.45, 7) is 0. The molecule has 1 aromatic carbocycles. The first-order valence-electron chi connectivity index (χ1n) is 5.07. The zero-order chi connectivity index (χ0) is 13.0. The lowest BCUT2D eigenvalue weighted by molar-refractivity contribution is -0.113. The molecule has 2 aromatic rings. The van der Waals surface area contributed by atoms with Crippen LogP contribution in [0.1, 0.15) is 0 Å². The Bertz CT molecular complexity index is 523. The normalized spacial score (nSPS) is 10.3. The average molecular weight is 318 g/mol. The highest BCUT2D eigenvalue weighted by Gasteiger charge is 2.09. The number of carbonyl (C=O) groups excluding carboxylic acids is 1. The summed E-state index contributed by atoms with van der Waals surface area (Å²) in [5.74, 6) is 0.214. The first-order chi connectivity index (χ1) is 8.66. The van der Waals surface area contributed by atoms with Crippen LogP contribution in [-0.4, -0.2) is 11.7 Å². The molecule has 1 aromatic heterocycles. The standard InChI is InChI=1S/C12H9Cl2NOS2/c13-8-3-1-4-9(14)12(8)15-10(16)7-18-11-5-2-6-17-11/h1-6H,7H2,(H,15,16). The number of hydrogen-bond donors (Lipinski definition) is 1. The van der Waals surface area contributed by atoms with Gasteiger partial charge < -0.3 is 5.32 Å². The molecular weight excluding hydrogens is 309 g/mol. The molecule has 0 bridgehead atoms. The quantitative estimate of drug-likeness (QED) is 0.822. The molecule has 1 heterocycles. The van der Waals surface area contributed by atoms with Gasteiger partial charge in [0.05, 0.1) is 25.7 Å². The van der Waals surface area contributed by atoms with Gasteiger partial charge in [0.25, 0.3) is 0 Å². The van der Waals surface area contributed by atoms with Crippen LogP contribution >= 0.6 is 46.3 Å². The van der Waals surface area contributed by atoms with Gasteiger partial charge in [-0.05, 0) is 23.6 Å². The van der Waals surface area contributed by atoms with Crippen molar-refractivity contribution >= 4 is 57.9 Å². The zero-order valence-corrected chi connectivity index (χ0v) is 12.3. The second kappa shape index (κ2) is 6.48. The summed E-state index contributed by atoms with van der Waals surface area (Å²) in [7, 11) is 0. The number of para-hydroxylation sites is 1. The number of rotatable bonds is 4. The highest BCUT2D eigenvalue weighted by atomic mass is 35.5. The van der Waals surface area contributed by atoms with Gasteiger partial charge in [0.2, 0.25) is 5.91 Å². The summed E-state index contributed by atoms with van der Waals surface area (Å²) in [6.07, 6.45) is 0. The highest BCUT2D eigenvalue weighted by Crippen LogP contribution is 2.30. The van der Waals surface area contributed by atoms with E-state index in [1.807, 2.05) is 17.5 Å². The molecule has 1 N–H and O–H groups in total. The molecule has 0 aliphatic carbocycles. The maximum atomic E-state index is 11.8.